The molecule has 122 valence electrons. The van der Waals surface area contributed by atoms with Crippen molar-refractivity contribution in [3.8, 4) is 11.3 Å². The maximum atomic E-state index is 13.2. The summed E-state index contributed by atoms with van der Waals surface area (Å²) in [6.45, 7) is 0.376. The number of carbonyl (C=O) groups is 1. The van der Waals surface area contributed by atoms with Crippen molar-refractivity contribution in [2.45, 2.75) is 25.0 Å². The number of rotatable bonds is 4. The predicted octanol–water partition coefficient (Wildman–Crippen LogP) is 1.80. The Hall–Kier alpha value is -2.32. The number of anilines is 1. The van der Waals surface area contributed by atoms with E-state index in [1.54, 1.807) is 0 Å². The zero-order valence-electron chi connectivity index (χ0n) is 12.2. The van der Waals surface area contributed by atoms with Crippen molar-refractivity contribution in [3.05, 3.63) is 35.9 Å². The van der Waals surface area contributed by atoms with E-state index in [0.717, 1.165) is 12.5 Å². The molecule has 0 spiro atoms. The summed E-state index contributed by atoms with van der Waals surface area (Å²) in [4.78, 5) is 12.1. The van der Waals surface area contributed by atoms with Crippen molar-refractivity contribution in [2.24, 2.45) is 5.73 Å². The highest BCUT2D eigenvalue weighted by atomic mass is 19.1. The van der Waals surface area contributed by atoms with Gasteiger partial charge in [0, 0.05) is 24.2 Å². The zero-order chi connectivity index (χ0) is 16.4. The van der Waals surface area contributed by atoms with E-state index >= 15 is 0 Å². The summed E-state index contributed by atoms with van der Waals surface area (Å²) >= 11 is 0. The van der Waals surface area contributed by atoms with Crippen LogP contribution in [-0.2, 0) is 9.53 Å². The minimum absolute atomic E-state index is 0.101. The van der Waals surface area contributed by atoms with Crippen molar-refractivity contribution in [3.63, 3.8) is 0 Å². The van der Waals surface area contributed by atoms with Crippen molar-refractivity contribution in [1.29, 1.82) is 0 Å². The van der Waals surface area contributed by atoms with Gasteiger partial charge in [-0.3, -0.25) is 9.89 Å². The van der Waals surface area contributed by atoms with Crippen molar-refractivity contribution in [1.82, 2.24) is 10.2 Å². The van der Waals surface area contributed by atoms with E-state index in [2.05, 4.69) is 15.5 Å². The maximum absolute atomic E-state index is 13.2. The van der Waals surface area contributed by atoms with Crippen LogP contribution in [0.3, 0.4) is 0 Å². The van der Waals surface area contributed by atoms with Gasteiger partial charge in [-0.1, -0.05) is 0 Å². The topological polar surface area (TPSA) is 93.0 Å². The fourth-order valence-electron chi connectivity index (χ4n) is 2.52. The summed E-state index contributed by atoms with van der Waals surface area (Å²) in [5.41, 5.74) is 6.20. The third-order valence-corrected chi connectivity index (χ3v) is 3.67. The van der Waals surface area contributed by atoms with Crippen LogP contribution in [0.5, 0.6) is 0 Å². The first-order chi connectivity index (χ1) is 11.0. The highest BCUT2D eigenvalue weighted by molar-refractivity contribution is 5.94. The molecule has 1 aromatic heterocycles. The molecular weight excluding hydrogens is 306 g/mol. The molecule has 0 unspecified atom stereocenters. The number of aromatic nitrogens is 2. The zero-order valence-corrected chi connectivity index (χ0v) is 12.2. The molecule has 0 bridgehead atoms. The summed E-state index contributed by atoms with van der Waals surface area (Å²) in [5, 5.41) is 9.17. The summed E-state index contributed by atoms with van der Waals surface area (Å²) in [5.74, 6) is -1.43. The number of amides is 1. The molecule has 0 saturated carbocycles. The van der Waals surface area contributed by atoms with Gasteiger partial charge in [-0.2, -0.15) is 5.10 Å². The predicted molar refractivity (Wildman–Crippen MR) is 79.5 cm³/mol. The minimum atomic E-state index is -0.688. The molecule has 6 nitrogen and oxygen atoms in total. The van der Waals surface area contributed by atoms with Gasteiger partial charge in [-0.25, -0.2) is 8.78 Å². The van der Waals surface area contributed by atoms with Crippen LogP contribution >= 0.6 is 0 Å². The second kappa shape index (κ2) is 6.43. The standard InChI is InChI=1S/C15H16F2N4O2/c16-9-3-8(4-10(17)5-9)12-6-14(21-20-12)19-15(22)13-2-1-11(7-18)23-13/h3-6,11,13H,1-2,7,18H2,(H2,19,20,21,22)/t11-,13+/m1/s1. The Morgan fingerprint density at radius 1 is 1.30 bits per heavy atom. The van der Waals surface area contributed by atoms with E-state index in [0.29, 0.717) is 24.2 Å². The second-order valence-electron chi connectivity index (χ2n) is 5.37. The molecule has 2 heterocycles. The highest BCUT2D eigenvalue weighted by Crippen LogP contribution is 2.23. The van der Waals surface area contributed by atoms with E-state index in [1.807, 2.05) is 0 Å². The van der Waals surface area contributed by atoms with Crippen molar-refractivity contribution < 1.29 is 18.3 Å². The number of hydrogen-bond acceptors (Lipinski definition) is 4. The van der Waals surface area contributed by atoms with Gasteiger partial charge in [0.2, 0.25) is 0 Å². The molecule has 4 N–H and O–H groups in total. The van der Waals surface area contributed by atoms with Gasteiger partial charge >= 0.3 is 0 Å². The molecule has 1 aliphatic rings. The van der Waals surface area contributed by atoms with Gasteiger partial charge in [0.05, 0.1) is 11.8 Å². The molecule has 23 heavy (non-hydrogen) atoms. The first kappa shape index (κ1) is 15.6. The van der Waals surface area contributed by atoms with Gasteiger partial charge < -0.3 is 15.8 Å². The molecule has 0 radical (unpaired) electrons. The maximum Gasteiger partial charge on any atom is 0.254 e. The molecule has 0 aliphatic carbocycles. The van der Waals surface area contributed by atoms with Gasteiger partial charge in [0.25, 0.3) is 5.91 Å². The second-order valence-corrected chi connectivity index (χ2v) is 5.37. The Bertz CT molecular complexity index is 699. The van der Waals surface area contributed by atoms with Crippen LogP contribution in [0, 0.1) is 11.6 Å². The number of nitrogens with one attached hydrogen (secondary N) is 2. The Morgan fingerprint density at radius 3 is 2.70 bits per heavy atom. The number of carbonyl (C=O) groups excluding carboxylic acids is 1. The van der Waals surface area contributed by atoms with Crippen LogP contribution in [0.15, 0.2) is 24.3 Å². The van der Waals surface area contributed by atoms with Crippen LogP contribution in [0.1, 0.15) is 12.8 Å². The number of benzene rings is 1. The lowest BCUT2D eigenvalue weighted by Crippen LogP contribution is -2.29. The fourth-order valence-corrected chi connectivity index (χ4v) is 2.52. The molecule has 1 saturated heterocycles. The molecule has 1 aromatic carbocycles. The quantitative estimate of drug-likeness (QED) is 0.800. The molecule has 2 aromatic rings. The number of nitrogens with two attached hydrogens (primary N) is 1. The van der Waals surface area contributed by atoms with Crippen LogP contribution < -0.4 is 11.1 Å². The summed E-state index contributed by atoms with van der Waals surface area (Å²) in [6.07, 6.45) is 0.675. The number of H-pyrrole nitrogens is 1. The van der Waals surface area contributed by atoms with Crippen LogP contribution in [-0.4, -0.2) is 34.9 Å². The largest absolute Gasteiger partial charge is 0.364 e. The van der Waals surface area contributed by atoms with Crippen molar-refractivity contribution in [2.75, 3.05) is 11.9 Å². The Kier molecular flexibility index (Phi) is 4.35. The molecule has 1 amide bonds. The molecule has 2 atom stereocenters. The number of halogens is 2. The first-order valence-electron chi connectivity index (χ1n) is 7.23. The number of aromatic amines is 1. The monoisotopic (exact) mass is 322 g/mol. The smallest absolute Gasteiger partial charge is 0.254 e. The van der Waals surface area contributed by atoms with E-state index in [1.165, 1.54) is 18.2 Å². The van der Waals surface area contributed by atoms with Gasteiger partial charge in [0.15, 0.2) is 5.82 Å². The third kappa shape index (κ3) is 3.54. The van der Waals surface area contributed by atoms with E-state index < -0.39 is 17.7 Å². The lowest BCUT2D eigenvalue weighted by atomic mass is 10.1. The normalized spacial score (nSPS) is 20.7. The number of nitrogens with zero attached hydrogens (tertiary/aromatic N) is 1. The average molecular weight is 322 g/mol. The number of ether oxygens (including phenoxy) is 1. The summed E-state index contributed by atoms with van der Waals surface area (Å²) in [6, 6.07) is 4.64. The lowest BCUT2D eigenvalue weighted by molar-refractivity contribution is -0.126. The molecule has 1 fully saturated rings. The average Bonchev–Trinajstić information content (AvgIpc) is 3.15. The third-order valence-electron chi connectivity index (χ3n) is 3.67. The van der Waals surface area contributed by atoms with Gasteiger partial charge in [0.1, 0.15) is 17.7 Å². The number of hydrogen-bond donors (Lipinski definition) is 3. The van der Waals surface area contributed by atoms with Crippen LogP contribution in [0.25, 0.3) is 11.3 Å². The summed E-state index contributed by atoms with van der Waals surface area (Å²) in [7, 11) is 0. The van der Waals surface area contributed by atoms with E-state index in [-0.39, 0.29) is 17.8 Å². The van der Waals surface area contributed by atoms with E-state index in [4.69, 9.17) is 10.5 Å². The van der Waals surface area contributed by atoms with Crippen LogP contribution in [0.2, 0.25) is 0 Å². The van der Waals surface area contributed by atoms with Crippen molar-refractivity contribution >= 4 is 11.7 Å². The fraction of sp³-hybridized carbons (Fsp3) is 0.333. The highest BCUT2D eigenvalue weighted by Gasteiger charge is 2.30. The first-order valence-corrected chi connectivity index (χ1v) is 7.23. The minimum Gasteiger partial charge on any atom is -0.364 e. The molecule has 1 aliphatic heterocycles. The van der Waals surface area contributed by atoms with Gasteiger partial charge in [-0.15, -0.1) is 0 Å². The Balaban J connectivity index is 1.69. The Morgan fingerprint density at radius 2 is 2.04 bits per heavy atom. The van der Waals surface area contributed by atoms with Gasteiger partial charge in [-0.05, 0) is 25.0 Å². The lowest BCUT2D eigenvalue weighted by Gasteiger charge is -2.11. The summed E-state index contributed by atoms with van der Waals surface area (Å²) < 4.78 is 32.0. The Labute approximate surface area is 131 Å². The SMILES string of the molecule is NC[C@H]1CC[C@@H](C(=O)Nc2cc(-c3cc(F)cc(F)c3)[nH]n2)O1. The molecular formula is C15H16F2N4O2. The molecule has 8 heteroatoms. The van der Waals surface area contributed by atoms with E-state index in [9.17, 15) is 13.6 Å². The van der Waals surface area contributed by atoms with Crippen LogP contribution in [0.4, 0.5) is 14.6 Å². The molecule has 3 rings (SSSR count).